The van der Waals surface area contributed by atoms with Crippen LogP contribution >= 0.6 is 0 Å². The summed E-state index contributed by atoms with van der Waals surface area (Å²) in [5.74, 6) is 0.905. The van der Waals surface area contributed by atoms with Crippen LogP contribution in [0.5, 0.6) is 11.5 Å². The van der Waals surface area contributed by atoms with Gasteiger partial charge in [0.15, 0.2) is 8.32 Å². The van der Waals surface area contributed by atoms with Gasteiger partial charge in [0, 0.05) is 19.5 Å². The molecule has 0 saturated heterocycles. The van der Waals surface area contributed by atoms with E-state index in [1.54, 1.807) is 19.1 Å². The van der Waals surface area contributed by atoms with Crippen LogP contribution < -0.4 is 9.47 Å². The first-order chi connectivity index (χ1) is 21.4. The van der Waals surface area contributed by atoms with Crippen molar-refractivity contribution < 1.29 is 33.3 Å². The molecule has 0 heterocycles. The average Bonchev–Trinajstić information content (AvgIpc) is 3.04. The number of carbonyl (C=O) groups excluding carboxylic acids is 2. The fourth-order valence-corrected chi connectivity index (χ4v) is 6.02. The van der Waals surface area contributed by atoms with Gasteiger partial charge in [0.05, 0.1) is 34.4 Å². The minimum Gasteiger partial charge on any atom is -0.497 e. The van der Waals surface area contributed by atoms with Crippen LogP contribution in [0.4, 0.5) is 0 Å². The Bertz CT molecular complexity index is 1310. The maximum absolute atomic E-state index is 13.4. The van der Waals surface area contributed by atoms with E-state index in [0.717, 1.165) is 41.0 Å². The molecule has 0 spiro atoms. The van der Waals surface area contributed by atoms with E-state index in [1.807, 2.05) is 92.0 Å². The standard InChI is InChI=1S/C36H49NO7Si/c1-35(2,45(6,7)40)24-11-25-37(33(38)22-23-34(39)43-5)26-27-44-36(28-12-9-8-10-13-28,29-14-18-31(41-3)19-15-29)30-16-20-32(42-4)21-17-30/h8-10,12-21,40H,11,22-27H2,1-7H3. The molecular weight excluding hydrogens is 586 g/mol. The third-order valence-electron chi connectivity index (χ3n) is 8.86. The molecule has 244 valence electrons. The van der Waals surface area contributed by atoms with Gasteiger partial charge in [-0.05, 0) is 71.9 Å². The monoisotopic (exact) mass is 635 g/mol. The first-order valence-corrected chi connectivity index (χ1v) is 18.4. The molecule has 45 heavy (non-hydrogen) atoms. The van der Waals surface area contributed by atoms with Crippen LogP contribution in [-0.2, 0) is 24.7 Å². The van der Waals surface area contributed by atoms with Gasteiger partial charge >= 0.3 is 5.97 Å². The number of nitrogens with zero attached hydrogens (tertiary/aromatic N) is 1. The maximum Gasteiger partial charge on any atom is 0.306 e. The van der Waals surface area contributed by atoms with E-state index in [1.165, 1.54) is 7.11 Å². The fraction of sp³-hybridized carbons (Fsp3) is 0.444. The molecule has 0 aromatic heterocycles. The molecule has 0 bridgehead atoms. The highest BCUT2D eigenvalue weighted by molar-refractivity contribution is 6.72. The highest BCUT2D eigenvalue weighted by atomic mass is 28.4. The van der Waals surface area contributed by atoms with Crippen LogP contribution in [0.15, 0.2) is 78.9 Å². The van der Waals surface area contributed by atoms with Crippen molar-refractivity contribution in [3.8, 4) is 11.5 Å². The lowest BCUT2D eigenvalue weighted by molar-refractivity contribution is -0.144. The topological polar surface area (TPSA) is 94.5 Å². The second-order valence-corrected chi connectivity index (χ2v) is 16.8. The molecule has 3 aromatic rings. The van der Waals surface area contributed by atoms with Gasteiger partial charge in [-0.15, -0.1) is 0 Å². The summed E-state index contributed by atoms with van der Waals surface area (Å²) in [6.45, 7) is 9.10. The van der Waals surface area contributed by atoms with Crippen LogP contribution in [0.1, 0.15) is 56.2 Å². The van der Waals surface area contributed by atoms with Crippen molar-refractivity contribution >= 4 is 20.2 Å². The first-order valence-electron chi connectivity index (χ1n) is 15.4. The number of methoxy groups -OCH3 is 3. The van der Waals surface area contributed by atoms with E-state index in [-0.39, 0.29) is 30.4 Å². The quantitative estimate of drug-likeness (QED) is 0.102. The second-order valence-electron chi connectivity index (χ2n) is 12.4. The highest BCUT2D eigenvalue weighted by Gasteiger charge is 2.39. The molecule has 3 aromatic carbocycles. The van der Waals surface area contributed by atoms with Gasteiger partial charge in [0.1, 0.15) is 17.1 Å². The molecule has 0 atom stereocenters. The smallest absolute Gasteiger partial charge is 0.306 e. The van der Waals surface area contributed by atoms with Crippen molar-refractivity contribution in [1.29, 1.82) is 0 Å². The fourth-order valence-electron chi connectivity index (χ4n) is 5.23. The third kappa shape index (κ3) is 9.19. The van der Waals surface area contributed by atoms with E-state index in [2.05, 4.69) is 13.8 Å². The summed E-state index contributed by atoms with van der Waals surface area (Å²) in [5.41, 5.74) is 1.73. The molecule has 9 heteroatoms. The van der Waals surface area contributed by atoms with Crippen molar-refractivity contribution in [3.63, 3.8) is 0 Å². The number of amides is 1. The molecular formula is C36H49NO7Si. The van der Waals surface area contributed by atoms with E-state index in [0.29, 0.717) is 13.1 Å². The minimum absolute atomic E-state index is 0.0143. The molecule has 0 saturated carbocycles. The van der Waals surface area contributed by atoms with Gasteiger partial charge in [-0.25, -0.2) is 0 Å². The van der Waals surface area contributed by atoms with Gasteiger partial charge in [-0.3, -0.25) is 9.59 Å². The number of benzene rings is 3. The molecule has 0 radical (unpaired) electrons. The van der Waals surface area contributed by atoms with Gasteiger partial charge in [0.2, 0.25) is 5.91 Å². The Kier molecular flexibility index (Phi) is 12.8. The Labute approximate surface area is 269 Å². The summed E-state index contributed by atoms with van der Waals surface area (Å²) in [6, 6.07) is 25.7. The number of hydrogen-bond donors (Lipinski definition) is 1. The van der Waals surface area contributed by atoms with Crippen LogP contribution in [-0.4, -0.2) is 70.9 Å². The lowest BCUT2D eigenvalue weighted by Crippen LogP contribution is -2.41. The average molecular weight is 636 g/mol. The Hall–Kier alpha value is -3.66. The lowest BCUT2D eigenvalue weighted by Gasteiger charge is -2.37. The van der Waals surface area contributed by atoms with Crippen LogP contribution in [0.25, 0.3) is 0 Å². The zero-order valence-corrected chi connectivity index (χ0v) is 28.8. The maximum atomic E-state index is 13.4. The Morgan fingerprint density at radius 1 is 0.756 bits per heavy atom. The minimum atomic E-state index is -2.40. The molecule has 1 N–H and O–H groups in total. The summed E-state index contributed by atoms with van der Waals surface area (Å²) in [7, 11) is 2.19. The molecule has 0 aliphatic heterocycles. The molecule has 0 fully saturated rings. The lowest BCUT2D eigenvalue weighted by atomic mass is 9.80. The van der Waals surface area contributed by atoms with Gasteiger partial charge in [-0.2, -0.15) is 0 Å². The third-order valence-corrected chi connectivity index (χ3v) is 12.4. The zero-order chi connectivity index (χ0) is 33.1. The number of ether oxygens (including phenoxy) is 4. The van der Waals surface area contributed by atoms with Gasteiger partial charge < -0.3 is 28.6 Å². The van der Waals surface area contributed by atoms with Crippen molar-refractivity contribution in [2.75, 3.05) is 41.0 Å². The largest absolute Gasteiger partial charge is 0.497 e. The molecule has 0 aliphatic carbocycles. The Morgan fingerprint density at radius 2 is 1.27 bits per heavy atom. The second kappa shape index (κ2) is 16.1. The van der Waals surface area contributed by atoms with Crippen molar-refractivity contribution in [3.05, 3.63) is 95.6 Å². The summed E-state index contributed by atoms with van der Waals surface area (Å²) < 4.78 is 22.6. The van der Waals surface area contributed by atoms with Crippen molar-refractivity contribution in [2.45, 2.75) is 63.3 Å². The predicted molar refractivity (Wildman–Crippen MR) is 179 cm³/mol. The Balaban J connectivity index is 1.97. The van der Waals surface area contributed by atoms with E-state index >= 15 is 0 Å². The summed E-state index contributed by atoms with van der Waals surface area (Å²) in [5, 5.41) is -0.213. The molecule has 1 amide bonds. The number of esters is 1. The molecule has 0 unspecified atom stereocenters. The number of hydrogen-bond acceptors (Lipinski definition) is 7. The summed E-state index contributed by atoms with van der Waals surface area (Å²) >= 11 is 0. The normalized spacial score (nSPS) is 12.0. The predicted octanol–water partition coefficient (Wildman–Crippen LogP) is 6.55. The van der Waals surface area contributed by atoms with Gasteiger partial charge in [0.25, 0.3) is 0 Å². The summed E-state index contributed by atoms with van der Waals surface area (Å²) in [6.07, 6.45) is 1.56. The van der Waals surface area contributed by atoms with Gasteiger partial charge in [-0.1, -0.05) is 68.4 Å². The van der Waals surface area contributed by atoms with E-state index in [4.69, 9.17) is 18.9 Å². The zero-order valence-electron chi connectivity index (χ0n) is 27.8. The van der Waals surface area contributed by atoms with E-state index < -0.39 is 19.9 Å². The first kappa shape index (κ1) is 35.8. The number of rotatable bonds is 17. The SMILES string of the molecule is COC(=O)CCC(=O)N(CCCC(C)(C)[Si](C)(C)O)CCOC(c1ccccc1)(c1ccc(OC)cc1)c1ccc(OC)cc1. The summed E-state index contributed by atoms with van der Waals surface area (Å²) in [4.78, 5) is 37.8. The highest BCUT2D eigenvalue weighted by Crippen LogP contribution is 2.42. The van der Waals surface area contributed by atoms with E-state index in [9.17, 15) is 14.4 Å². The molecule has 0 aliphatic rings. The van der Waals surface area contributed by atoms with Crippen LogP contribution in [0.2, 0.25) is 18.1 Å². The molecule has 3 rings (SSSR count). The van der Waals surface area contributed by atoms with Crippen LogP contribution in [0.3, 0.4) is 0 Å². The molecule has 8 nitrogen and oxygen atoms in total. The number of carbonyl (C=O) groups is 2. The van der Waals surface area contributed by atoms with Crippen LogP contribution in [0, 0.1) is 0 Å². The Morgan fingerprint density at radius 3 is 1.73 bits per heavy atom. The van der Waals surface area contributed by atoms with Crippen molar-refractivity contribution in [2.24, 2.45) is 0 Å². The van der Waals surface area contributed by atoms with Crippen molar-refractivity contribution in [1.82, 2.24) is 4.90 Å².